The van der Waals surface area contributed by atoms with Crippen LogP contribution < -0.4 is 0 Å². The molecule has 0 aliphatic heterocycles. The molecule has 0 spiro atoms. The summed E-state index contributed by atoms with van der Waals surface area (Å²) in [5.74, 6) is -0.449. The Kier molecular flexibility index (Phi) is 4.83. The van der Waals surface area contributed by atoms with Crippen LogP contribution in [-0.4, -0.2) is 27.3 Å². The van der Waals surface area contributed by atoms with Crippen molar-refractivity contribution in [3.63, 3.8) is 0 Å². The predicted molar refractivity (Wildman–Crippen MR) is 88.5 cm³/mol. The Morgan fingerprint density at radius 3 is 2.81 bits per heavy atom. The Hall–Kier alpha value is -3.03. The van der Waals surface area contributed by atoms with E-state index in [0.717, 1.165) is 17.8 Å². The zero-order valence-electron chi connectivity index (χ0n) is 13.9. The van der Waals surface area contributed by atoms with Crippen LogP contribution in [0.4, 0.5) is 13.2 Å². The van der Waals surface area contributed by atoms with Crippen molar-refractivity contribution in [3.05, 3.63) is 65.6 Å². The second-order valence-corrected chi connectivity index (χ2v) is 5.62. The number of nitrogens with zero attached hydrogens (tertiary/aromatic N) is 2. The summed E-state index contributed by atoms with van der Waals surface area (Å²) in [4.78, 5) is 14.7. The summed E-state index contributed by atoms with van der Waals surface area (Å²) in [6, 6.07) is 8.59. The zero-order valence-corrected chi connectivity index (χ0v) is 13.9. The average Bonchev–Trinajstić information content (AvgIpc) is 3.25. The third-order valence-electron chi connectivity index (χ3n) is 3.72. The van der Waals surface area contributed by atoms with Gasteiger partial charge in [-0.15, -0.1) is 0 Å². The number of nitrogens with one attached hydrogen (secondary N) is 1. The maximum Gasteiger partial charge on any atom is 0.416 e. The molecule has 8 heteroatoms. The molecule has 0 saturated carbocycles. The van der Waals surface area contributed by atoms with E-state index < -0.39 is 17.7 Å². The van der Waals surface area contributed by atoms with Gasteiger partial charge in [0.25, 0.3) is 0 Å². The molecule has 136 valence electrons. The van der Waals surface area contributed by atoms with Gasteiger partial charge in [-0.05, 0) is 36.8 Å². The number of benzene rings is 1. The highest BCUT2D eigenvalue weighted by Crippen LogP contribution is 2.31. The molecule has 2 heterocycles. The number of carbonyl (C=O) groups excluding carboxylic acids is 1. The molecule has 26 heavy (non-hydrogen) atoms. The highest BCUT2D eigenvalue weighted by atomic mass is 19.4. The lowest BCUT2D eigenvalue weighted by molar-refractivity contribution is -0.137. The van der Waals surface area contributed by atoms with Crippen LogP contribution in [0.2, 0.25) is 0 Å². The van der Waals surface area contributed by atoms with E-state index in [1.807, 2.05) is 0 Å². The molecule has 3 rings (SSSR count). The van der Waals surface area contributed by atoms with E-state index >= 15 is 0 Å². The lowest BCUT2D eigenvalue weighted by Crippen LogP contribution is -2.04. The smallest absolute Gasteiger partial charge is 0.416 e. The zero-order chi connectivity index (χ0) is 18.7. The van der Waals surface area contributed by atoms with E-state index in [-0.39, 0.29) is 6.61 Å². The van der Waals surface area contributed by atoms with E-state index in [1.54, 1.807) is 36.0 Å². The van der Waals surface area contributed by atoms with Crippen LogP contribution in [0.5, 0.6) is 0 Å². The van der Waals surface area contributed by atoms with Crippen LogP contribution in [0.1, 0.15) is 28.5 Å². The van der Waals surface area contributed by atoms with Gasteiger partial charge in [-0.1, -0.05) is 12.1 Å². The third kappa shape index (κ3) is 3.96. The first-order valence-electron chi connectivity index (χ1n) is 7.92. The van der Waals surface area contributed by atoms with Gasteiger partial charge < -0.3 is 9.72 Å². The number of aromatic amines is 1. The molecular formula is C18H16F3N3O2. The number of hydrogen-bond donors (Lipinski definition) is 1. The molecule has 1 aromatic carbocycles. The van der Waals surface area contributed by atoms with Crippen molar-refractivity contribution >= 4 is 5.97 Å². The Balaban J connectivity index is 1.76. The maximum atomic E-state index is 12.8. The summed E-state index contributed by atoms with van der Waals surface area (Å²) in [6.07, 6.45) is -1.42. The monoisotopic (exact) mass is 363 g/mol. The van der Waals surface area contributed by atoms with Crippen LogP contribution in [0.3, 0.4) is 0 Å². The molecule has 0 amide bonds. The van der Waals surface area contributed by atoms with Gasteiger partial charge >= 0.3 is 12.1 Å². The predicted octanol–water partition coefficient (Wildman–Crippen LogP) is 4.12. The number of halogens is 3. The second-order valence-electron chi connectivity index (χ2n) is 5.62. The van der Waals surface area contributed by atoms with Crippen molar-refractivity contribution < 1.29 is 22.7 Å². The van der Waals surface area contributed by atoms with Gasteiger partial charge in [-0.25, -0.2) is 4.79 Å². The minimum absolute atomic E-state index is 0.279. The lowest BCUT2D eigenvalue weighted by Gasteiger charge is -2.08. The van der Waals surface area contributed by atoms with Gasteiger partial charge in [-0.3, -0.25) is 4.68 Å². The maximum absolute atomic E-state index is 12.8. The number of esters is 1. The molecule has 0 radical (unpaired) electrons. The van der Waals surface area contributed by atoms with E-state index in [9.17, 15) is 18.0 Å². The average molecular weight is 363 g/mol. The highest BCUT2D eigenvalue weighted by molar-refractivity contribution is 5.88. The summed E-state index contributed by atoms with van der Waals surface area (Å²) in [6.45, 7) is 2.34. The lowest BCUT2D eigenvalue weighted by atomic mass is 10.1. The Bertz CT molecular complexity index is 912. The number of hydrogen-bond acceptors (Lipinski definition) is 3. The van der Waals surface area contributed by atoms with Gasteiger partial charge in [0.2, 0.25) is 0 Å². The summed E-state index contributed by atoms with van der Waals surface area (Å²) in [7, 11) is 0. The minimum Gasteiger partial charge on any atom is -0.462 e. The molecule has 3 aromatic rings. The van der Waals surface area contributed by atoms with Crippen molar-refractivity contribution in [3.8, 4) is 11.3 Å². The van der Waals surface area contributed by atoms with Crippen molar-refractivity contribution in [2.75, 3.05) is 6.61 Å². The molecule has 0 aliphatic carbocycles. The summed E-state index contributed by atoms with van der Waals surface area (Å²) >= 11 is 0. The van der Waals surface area contributed by atoms with E-state index in [1.165, 1.54) is 12.3 Å². The first-order valence-corrected chi connectivity index (χ1v) is 7.92. The highest BCUT2D eigenvalue weighted by Gasteiger charge is 2.30. The normalized spacial score (nSPS) is 11.5. The molecule has 2 aromatic heterocycles. The molecule has 0 saturated heterocycles. The number of aromatic nitrogens is 3. The van der Waals surface area contributed by atoms with Crippen LogP contribution in [0.25, 0.3) is 11.3 Å². The fraction of sp³-hybridized carbons (Fsp3) is 0.222. The SMILES string of the molecule is CCOC(=O)c1cnn(Cc2ccc(-c3cccc(C(F)(F)F)c3)[nH]2)c1. The first kappa shape index (κ1) is 17.8. The molecule has 0 aliphatic rings. The van der Waals surface area contributed by atoms with Crippen LogP contribution in [0.15, 0.2) is 48.8 Å². The van der Waals surface area contributed by atoms with Crippen molar-refractivity contribution in [1.82, 2.24) is 14.8 Å². The van der Waals surface area contributed by atoms with Gasteiger partial charge in [0.15, 0.2) is 0 Å². The molecule has 1 N–H and O–H groups in total. The molecule has 0 bridgehead atoms. The summed E-state index contributed by atoms with van der Waals surface area (Å²) in [5.41, 5.74) is 1.41. The Morgan fingerprint density at radius 1 is 1.27 bits per heavy atom. The summed E-state index contributed by atoms with van der Waals surface area (Å²) < 4.78 is 45.0. The molecule has 0 atom stereocenters. The first-order chi connectivity index (χ1) is 12.4. The van der Waals surface area contributed by atoms with Gasteiger partial charge in [-0.2, -0.15) is 18.3 Å². The Labute approximate surface area is 147 Å². The fourth-order valence-electron chi connectivity index (χ4n) is 2.51. The second kappa shape index (κ2) is 7.07. The van der Waals surface area contributed by atoms with Crippen LogP contribution >= 0.6 is 0 Å². The number of rotatable bonds is 5. The van der Waals surface area contributed by atoms with Crippen molar-refractivity contribution in [2.45, 2.75) is 19.6 Å². The van der Waals surface area contributed by atoms with Crippen LogP contribution in [0, 0.1) is 0 Å². The van der Waals surface area contributed by atoms with Gasteiger partial charge in [0.1, 0.15) is 0 Å². The van der Waals surface area contributed by atoms with Crippen molar-refractivity contribution in [1.29, 1.82) is 0 Å². The Morgan fingerprint density at radius 2 is 2.08 bits per heavy atom. The van der Waals surface area contributed by atoms with E-state index in [4.69, 9.17) is 4.74 Å². The van der Waals surface area contributed by atoms with Gasteiger partial charge in [0, 0.05) is 17.6 Å². The minimum atomic E-state index is -4.38. The molecule has 5 nitrogen and oxygen atoms in total. The van der Waals surface area contributed by atoms with Crippen LogP contribution in [-0.2, 0) is 17.5 Å². The largest absolute Gasteiger partial charge is 0.462 e. The number of H-pyrrole nitrogens is 1. The van der Waals surface area contributed by atoms with Gasteiger partial charge in [0.05, 0.1) is 30.5 Å². The third-order valence-corrected chi connectivity index (χ3v) is 3.72. The van der Waals surface area contributed by atoms with Crippen molar-refractivity contribution in [2.24, 2.45) is 0 Å². The number of carbonyl (C=O) groups is 1. The number of alkyl halides is 3. The molecule has 0 unspecified atom stereocenters. The van der Waals surface area contributed by atoms with E-state index in [0.29, 0.717) is 23.4 Å². The molecular weight excluding hydrogens is 347 g/mol. The fourth-order valence-corrected chi connectivity index (χ4v) is 2.51. The van der Waals surface area contributed by atoms with E-state index in [2.05, 4.69) is 10.1 Å². The standard InChI is InChI=1S/C18H16F3N3O2/c1-2-26-17(25)13-9-22-24(10-13)11-15-6-7-16(23-15)12-4-3-5-14(8-12)18(19,20)21/h3-10,23H,2,11H2,1H3. The summed E-state index contributed by atoms with van der Waals surface area (Å²) in [5, 5.41) is 4.09. The topological polar surface area (TPSA) is 59.9 Å². The quantitative estimate of drug-likeness (QED) is 0.694. The number of ether oxygens (including phenoxy) is 1. The molecule has 0 fully saturated rings.